The molecule has 2 rings (SSSR count). The number of ether oxygens (including phenoxy) is 1. The highest BCUT2D eigenvalue weighted by molar-refractivity contribution is 5.93. The Morgan fingerprint density at radius 1 is 1.50 bits per heavy atom. The minimum Gasteiger partial charge on any atom is -0.378 e. The molecule has 7 nitrogen and oxygen atoms in total. The third kappa shape index (κ3) is 3.52. The lowest BCUT2D eigenvalue weighted by atomic mass is 10.1. The maximum absolute atomic E-state index is 12.1. The van der Waals surface area contributed by atoms with E-state index in [2.05, 4.69) is 5.32 Å². The molecular weight excluding hydrogens is 262 g/mol. The van der Waals surface area contributed by atoms with Crippen molar-refractivity contribution in [2.75, 3.05) is 31.7 Å². The van der Waals surface area contributed by atoms with Gasteiger partial charge in [0.2, 0.25) is 5.91 Å². The second-order valence-electron chi connectivity index (χ2n) is 4.66. The number of benzene rings is 1. The van der Waals surface area contributed by atoms with E-state index in [1.165, 1.54) is 17.0 Å². The van der Waals surface area contributed by atoms with Gasteiger partial charge < -0.3 is 15.0 Å². The Bertz CT molecular complexity index is 483. The molecule has 0 aliphatic carbocycles. The maximum atomic E-state index is 12.1. The molecule has 1 N–H and O–H groups in total. The van der Waals surface area contributed by atoms with Gasteiger partial charge >= 0.3 is 0 Å². The molecule has 1 aliphatic rings. The highest BCUT2D eigenvalue weighted by atomic mass is 16.6. The van der Waals surface area contributed by atoms with Crippen LogP contribution in [0, 0.1) is 10.1 Å². The molecule has 1 aromatic carbocycles. The fourth-order valence-electron chi connectivity index (χ4n) is 2.04. The summed E-state index contributed by atoms with van der Waals surface area (Å²) in [6.07, 6.45) is 0.341. The van der Waals surface area contributed by atoms with E-state index in [0.717, 1.165) is 6.54 Å². The van der Waals surface area contributed by atoms with E-state index < -0.39 is 4.92 Å². The van der Waals surface area contributed by atoms with Crippen LogP contribution >= 0.6 is 0 Å². The lowest BCUT2D eigenvalue weighted by Gasteiger charge is -2.25. The van der Waals surface area contributed by atoms with Gasteiger partial charge in [-0.1, -0.05) is 0 Å². The average molecular weight is 279 g/mol. The van der Waals surface area contributed by atoms with Crippen LogP contribution in [-0.2, 0) is 9.53 Å². The number of non-ortho nitro benzene ring substituents is 1. The Morgan fingerprint density at radius 3 is 2.75 bits per heavy atom. The molecule has 1 aromatic rings. The standard InChI is InChI=1S/C13H17N3O4/c1-15(11-2-4-12(5-3-11)16(18)19)13(17)8-10-9-20-7-6-14-10/h2-5,10,14H,6-9H2,1H3. The summed E-state index contributed by atoms with van der Waals surface area (Å²) in [6.45, 7) is 1.95. The van der Waals surface area contributed by atoms with Crippen LogP contribution in [-0.4, -0.2) is 43.7 Å². The number of nitro groups is 1. The zero-order valence-electron chi connectivity index (χ0n) is 11.2. The van der Waals surface area contributed by atoms with Crippen molar-refractivity contribution >= 4 is 17.3 Å². The number of hydrogen-bond acceptors (Lipinski definition) is 5. The van der Waals surface area contributed by atoms with Crippen molar-refractivity contribution in [2.45, 2.75) is 12.5 Å². The third-order valence-electron chi connectivity index (χ3n) is 3.24. The molecule has 1 saturated heterocycles. The number of amides is 1. The summed E-state index contributed by atoms with van der Waals surface area (Å²) >= 11 is 0. The van der Waals surface area contributed by atoms with Crippen LogP contribution < -0.4 is 10.2 Å². The summed E-state index contributed by atoms with van der Waals surface area (Å²) in [5, 5.41) is 13.8. The zero-order valence-corrected chi connectivity index (χ0v) is 11.2. The topological polar surface area (TPSA) is 84.7 Å². The number of carbonyl (C=O) groups excluding carboxylic acids is 1. The number of morpholine rings is 1. The fourth-order valence-corrected chi connectivity index (χ4v) is 2.04. The van der Waals surface area contributed by atoms with Crippen LogP contribution in [0.5, 0.6) is 0 Å². The molecule has 0 spiro atoms. The zero-order chi connectivity index (χ0) is 14.5. The van der Waals surface area contributed by atoms with Crippen molar-refractivity contribution in [3.63, 3.8) is 0 Å². The van der Waals surface area contributed by atoms with Crippen LogP contribution in [0.15, 0.2) is 24.3 Å². The van der Waals surface area contributed by atoms with Crippen LogP contribution in [0.1, 0.15) is 6.42 Å². The number of hydrogen-bond donors (Lipinski definition) is 1. The summed E-state index contributed by atoms with van der Waals surface area (Å²) in [7, 11) is 1.66. The summed E-state index contributed by atoms with van der Waals surface area (Å²) in [5.41, 5.74) is 0.647. The van der Waals surface area contributed by atoms with Gasteiger partial charge in [-0.2, -0.15) is 0 Å². The second-order valence-corrected chi connectivity index (χ2v) is 4.66. The number of anilines is 1. The normalized spacial score (nSPS) is 18.6. The van der Waals surface area contributed by atoms with E-state index >= 15 is 0 Å². The minimum atomic E-state index is -0.463. The quantitative estimate of drug-likeness (QED) is 0.655. The predicted octanol–water partition coefficient (Wildman–Crippen LogP) is 0.936. The smallest absolute Gasteiger partial charge is 0.269 e. The molecule has 1 heterocycles. The van der Waals surface area contributed by atoms with Gasteiger partial charge in [0, 0.05) is 43.9 Å². The molecule has 7 heteroatoms. The number of nitrogens with one attached hydrogen (secondary N) is 1. The fraction of sp³-hybridized carbons (Fsp3) is 0.462. The first kappa shape index (κ1) is 14.4. The minimum absolute atomic E-state index is 0.0111. The van der Waals surface area contributed by atoms with Crippen molar-refractivity contribution in [3.8, 4) is 0 Å². The molecule has 1 unspecified atom stereocenters. The molecule has 1 fully saturated rings. The van der Waals surface area contributed by atoms with E-state index in [0.29, 0.717) is 25.3 Å². The van der Waals surface area contributed by atoms with E-state index in [1.54, 1.807) is 19.2 Å². The SMILES string of the molecule is CN(C(=O)CC1COCCN1)c1ccc([N+](=O)[O-])cc1. The van der Waals surface area contributed by atoms with E-state index in [9.17, 15) is 14.9 Å². The summed E-state index contributed by atoms with van der Waals surface area (Å²) < 4.78 is 5.30. The third-order valence-corrected chi connectivity index (χ3v) is 3.24. The Labute approximate surface area is 116 Å². The Kier molecular flexibility index (Phi) is 4.65. The van der Waals surface area contributed by atoms with E-state index in [4.69, 9.17) is 4.74 Å². The molecule has 0 saturated carbocycles. The monoisotopic (exact) mass is 279 g/mol. The Hall–Kier alpha value is -1.99. The second kappa shape index (κ2) is 6.44. The molecule has 1 amide bonds. The summed E-state index contributed by atoms with van der Waals surface area (Å²) in [4.78, 5) is 23.7. The lowest BCUT2D eigenvalue weighted by Crippen LogP contribution is -2.44. The van der Waals surface area contributed by atoms with Crippen molar-refractivity contribution < 1.29 is 14.5 Å². The van der Waals surface area contributed by atoms with E-state index in [-0.39, 0.29) is 17.6 Å². The van der Waals surface area contributed by atoms with Gasteiger partial charge in [0.25, 0.3) is 5.69 Å². The van der Waals surface area contributed by atoms with E-state index in [1.807, 2.05) is 0 Å². The van der Waals surface area contributed by atoms with Crippen LogP contribution in [0.4, 0.5) is 11.4 Å². The largest absolute Gasteiger partial charge is 0.378 e. The first-order valence-corrected chi connectivity index (χ1v) is 6.40. The van der Waals surface area contributed by atoms with Gasteiger partial charge in [0.05, 0.1) is 18.1 Å². The van der Waals surface area contributed by atoms with Gasteiger partial charge in [0.15, 0.2) is 0 Å². The number of nitrogens with zero attached hydrogens (tertiary/aromatic N) is 2. The Balaban J connectivity index is 1.96. The highest BCUT2D eigenvalue weighted by Gasteiger charge is 2.20. The highest BCUT2D eigenvalue weighted by Crippen LogP contribution is 2.19. The number of carbonyl (C=O) groups is 1. The van der Waals surface area contributed by atoms with Crippen LogP contribution in [0.2, 0.25) is 0 Å². The van der Waals surface area contributed by atoms with Gasteiger partial charge in [-0.15, -0.1) is 0 Å². The van der Waals surface area contributed by atoms with Crippen molar-refractivity contribution in [1.82, 2.24) is 5.32 Å². The number of nitro benzene ring substituents is 1. The average Bonchev–Trinajstić information content (AvgIpc) is 2.47. The first-order valence-electron chi connectivity index (χ1n) is 6.40. The maximum Gasteiger partial charge on any atom is 0.269 e. The first-order chi connectivity index (χ1) is 9.58. The van der Waals surface area contributed by atoms with Crippen molar-refractivity contribution in [3.05, 3.63) is 34.4 Å². The van der Waals surface area contributed by atoms with Gasteiger partial charge in [-0.25, -0.2) is 0 Å². The molecule has 20 heavy (non-hydrogen) atoms. The summed E-state index contributed by atoms with van der Waals surface area (Å²) in [5.74, 6) is -0.0538. The lowest BCUT2D eigenvalue weighted by molar-refractivity contribution is -0.384. The van der Waals surface area contributed by atoms with Crippen molar-refractivity contribution in [2.24, 2.45) is 0 Å². The molecule has 1 atom stereocenters. The predicted molar refractivity (Wildman–Crippen MR) is 73.7 cm³/mol. The molecule has 0 aromatic heterocycles. The summed E-state index contributed by atoms with van der Waals surface area (Å²) in [6, 6.07) is 5.95. The van der Waals surface area contributed by atoms with Crippen molar-refractivity contribution in [1.29, 1.82) is 0 Å². The molecule has 0 radical (unpaired) electrons. The number of rotatable bonds is 4. The van der Waals surface area contributed by atoms with Gasteiger partial charge in [-0.3, -0.25) is 14.9 Å². The molecule has 1 aliphatic heterocycles. The molecule has 108 valence electrons. The van der Waals surface area contributed by atoms with Gasteiger partial charge in [0.1, 0.15) is 0 Å². The van der Waals surface area contributed by atoms with Gasteiger partial charge in [-0.05, 0) is 12.1 Å². The Morgan fingerprint density at radius 2 is 2.20 bits per heavy atom. The molecular formula is C13H17N3O4. The van der Waals surface area contributed by atoms with Crippen LogP contribution in [0.3, 0.4) is 0 Å². The molecule has 0 bridgehead atoms. The van der Waals surface area contributed by atoms with Crippen LogP contribution in [0.25, 0.3) is 0 Å².